The van der Waals surface area contributed by atoms with Crippen LogP contribution in [0.25, 0.3) is 0 Å². The zero-order valence-electron chi connectivity index (χ0n) is 11.9. The van der Waals surface area contributed by atoms with E-state index >= 15 is 0 Å². The van der Waals surface area contributed by atoms with Gasteiger partial charge in [0.2, 0.25) is 5.91 Å². The summed E-state index contributed by atoms with van der Waals surface area (Å²) in [6, 6.07) is 7.34. The normalized spacial score (nSPS) is 13.3. The van der Waals surface area contributed by atoms with Crippen LogP contribution >= 0.6 is 11.6 Å². The number of hydrogen-bond donors (Lipinski definition) is 2. The Morgan fingerprint density at radius 2 is 2.05 bits per heavy atom. The van der Waals surface area contributed by atoms with E-state index in [-0.39, 0.29) is 17.7 Å². The van der Waals surface area contributed by atoms with E-state index < -0.39 is 5.92 Å². The Kier molecular flexibility index (Phi) is 5.82. The number of benzene rings is 1. The zero-order chi connectivity index (χ0) is 15.3. The quantitative estimate of drug-likeness (QED) is 0.379. The zero-order valence-corrected chi connectivity index (χ0v) is 12.6. The molecule has 1 unspecified atom stereocenters. The molecule has 0 heterocycles. The number of hydrogen-bond acceptors (Lipinski definition) is 3. The molecule has 1 aromatic carbocycles. The van der Waals surface area contributed by atoms with E-state index in [1.54, 1.807) is 13.1 Å². The van der Waals surface area contributed by atoms with E-state index in [4.69, 9.17) is 22.5 Å². The predicted molar refractivity (Wildman–Crippen MR) is 79.7 cm³/mol. The van der Waals surface area contributed by atoms with Crippen molar-refractivity contribution in [2.24, 2.45) is 22.7 Å². The lowest BCUT2D eigenvalue weighted by atomic mass is 9.93. The molecule has 1 atom stereocenters. The first-order valence-electron chi connectivity index (χ1n) is 6.34. The standard InChI is InChI=1S/C14H20ClN3O2/c1-9(2)12(13(16)17-20)14(19)18(3)8-10-6-4-5-7-11(10)15/h4-7,9,12,20H,8H2,1-3H3,(H2,16,17). The maximum absolute atomic E-state index is 12.4. The van der Waals surface area contributed by atoms with Crippen molar-refractivity contribution in [3.8, 4) is 0 Å². The average molecular weight is 298 g/mol. The second-order valence-corrected chi connectivity index (χ2v) is 5.44. The maximum atomic E-state index is 12.4. The van der Waals surface area contributed by atoms with E-state index in [9.17, 15) is 4.79 Å². The minimum absolute atomic E-state index is 0.0629. The van der Waals surface area contributed by atoms with Crippen molar-refractivity contribution in [2.45, 2.75) is 20.4 Å². The fraction of sp³-hybridized carbons (Fsp3) is 0.429. The third-order valence-electron chi connectivity index (χ3n) is 3.11. The highest BCUT2D eigenvalue weighted by Gasteiger charge is 2.29. The molecule has 0 aliphatic rings. The molecule has 1 aromatic rings. The molecule has 0 aliphatic carbocycles. The van der Waals surface area contributed by atoms with Crippen LogP contribution in [0.15, 0.2) is 29.4 Å². The van der Waals surface area contributed by atoms with E-state index in [1.807, 2.05) is 32.0 Å². The number of oxime groups is 1. The van der Waals surface area contributed by atoms with Crippen LogP contribution in [0.1, 0.15) is 19.4 Å². The molecule has 0 saturated carbocycles. The van der Waals surface area contributed by atoms with Gasteiger partial charge in [-0.1, -0.05) is 48.8 Å². The van der Waals surface area contributed by atoms with E-state index in [1.165, 1.54) is 4.90 Å². The maximum Gasteiger partial charge on any atom is 0.233 e. The van der Waals surface area contributed by atoms with Crippen LogP contribution in [0, 0.1) is 11.8 Å². The molecule has 0 aromatic heterocycles. The summed E-state index contributed by atoms with van der Waals surface area (Å²) in [4.78, 5) is 13.9. The van der Waals surface area contributed by atoms with Gasteiger partial charge >= 0.3 is 0 Å². The summed E-state index contributed by atoms with van der Waals surface area (Å²) in [7, 11) is 1.67. The molecule has 6 heteroatoms. The number of nitrogens with zero attached hydrogens (tertiary/aromatic N) is 2. The van der Waals surface area contributed by atoms with Gasteiger partial charge in [0, 0.05) is 18.6 Å². The Hall–Kier alpha value is -1.75. The van der Waals surface area contributed by atoms with Crippen molar-refractivity contribution in [1.29, 1.82) is 0 Å². The van der Waals surface area contributed by atoms with E-state index in [0.29, 0.717) is 11.6 Å². The SMILES string of the molecule is CC(C)C(C(=O)N(C)Cc1ccccc1Cl)C(N)=NO. The van der Waals surface area contributed by atoms with E-state index in [0.717, 1.165) is 5.56 Å². The minimum atomic E-state index is -0.646. The summed E-state index contributed by atoms with van der Waals surface area (Å²) >= 11 is 6.08. The predicted octanol–water partition coefficient (Wildman–Crippen LogP) is 2.32. The summed E-state index contributed by atoms with van der Waals surface area (Å²) in [5.74, 6) is -0.981. The van der Waals surface area contributed by atoms with Crippen molar-refractivity contribution in [3.05, 3.63) is 34.9 Å². The number of carbonyl (C=O) groups excluding carboxylic acids is 1. The van der Waals surface area contributed by atoms with Gasteiger partial charge in [-0.2, -0.15) is 0 Å². The molecule has 0 bridgehead atoms. The number of halogens is 1. The Morgan fingerprint density at radius 3 is 2.55 bits per heavy atom. The van der Waals surface area contributed by atoms with Gasteiger partial charge in [-0.15, -0.1) is 0 Å². The highest BCUT2D eigenvalue weighted by atomic mass is 35.5. The van der Waals surface area contributed by atoms with Gasteiger partial charge in [0.15, 0.2) is 5.84 Å². The molecule has 0 aliphatic heterocycles. The monoisotopic (exact) mass is 297 g/mol. The Bertz CT molecular complexity index is 503. The molecule has 20 heavy (non-hydrogen) atoms. The molecular weight excluding hydrogens is 278 g/mol. The van der Waals surface area contributed by atoms with Crippen LogP contribution in [0.5, 0.6) is 0 Å². The topological polar surface area (TPSA) is 78.9 Å². The molecule has 5 nitrogen and oxygen atoms in total. The Balaban J connectivity index is 2.88. The summed E-state index contributed by atoms with van der Waals surface area (Å²) in [5, 5.41) is 12.4. The second kappa shape index (κ2) is 7.14. The Labute approximate surface area is 124 Å². The lowest BCUT2D eigenvalue weighted by molar-refractivity contribution is -0.133. The molecule has 1 amide bonds. The van der Waals surface area contributed by atoms with Crippen LogP contribution in [-0.4, -0.2) is 28.9 Å². The van der Waals surface area contributed by atoms with Gasteiger partial charge in [0.25, 0.3) is 0 Å². The van der Waals surface area contributed by atoms with Gasteiger partial charge in [-0.05, 0) is 17.5 Å². The summed E-state index contributed by atoms with van der Waals surface area (Å²) in [6.45, 7) is 4.08. The number of rotatable bonds is 5. The van der Waals surface area contributed by atoms with Crippen molar-refractivity contribution in [2.75, 3.05) is 7.05 Å². The lowest BCUT2D eigenvalue weighted by Crippen LogP contribution is -2.42. The summed E-state index contributed by atoms with van der Waals surface area (Å²) < 4.78 is 0. The van der Waals surface area contributed by atoms with Crippen molar-refractivity contribution in [1.82, 2.24) is 4.90 Å². The molecule has 0 fully saturated rings. The first-order chi connectivity index (χ1) is 9.38. The third-order valence-corrected chi connectivity index (χ3v) is 3.48. The molecule has 0 spiro atoms. The van der Waals surface area contributed by atoms with Gasteiger partial charge in [0.05, 0.1) is 0 Å². The number of amides is 1. The molecule has 0 saturated heterocycles. The van der Waals surface area contributed by atoms with Crippen LogP contribution in [0.2, 0.25) is 5.02 Å². The van der Waals surface area contributed by atoms with Gasteiger partial charge in [-0.25, -0.2) is 0 Å². The smallest absolute Gasteiger partial charge is 0.233 e. The molecule has 0 radical (unpaired) electrons. The minimum Gasteiger partial charge on any atom is -0.409 e. The molecular formula is C14H20ClN3O2. The molecule has 3 N–H and O–H groups in total. The van der Waals surface area contributed by atoms with Gasteiger partial charge in [0.1, 0.15) is 5.92 Å². The number of amidine groups is 1. The molecule has 110 valence electrons. The van der Waals surface area contributed by atoms with Crippen molar-refractivity contribution >= 4 is 23.3 Å². The first kappa shape index (κ1) is 16.3. The average Bonchev–Trinajstić information content (AvgIpc) is 2.40. The molecule has 1 rings (SSSR count). The number of nitrogens with two attached hydrogens (primary N) is 1. The first-order valence-corrected chi connectivity index (χ1v) is 6.72. The van der Waals surface area contributed by atoms with Crippen LogP contribution in [0.3, 0.4) is 0 Å². The van der Waals surface area contributed by atoms with Crippen LogP contribution in [-0.2, 0) is 11.3 Å². The van der Waals surface area contributed by atoms with Crippen molar-refractivity contribution in [3.63, 3.8) is 0 Å². The summed E-state index contributed by atoms with van der Waals surface area (Å²) in [5.41, 5.74) is 6.46. The fourth-order valence-electron chi connectivity index (χ4n) is 2.01. The fourth-order valence-corrected chi connectivity index (χ4v) is 2.21. The summed E-state index contributed by atoms with van der Waals surface area (Å²) in [6.07, 6.45) is 0. The lowest BCUT2D eigenvalue weighted by Gasteiger charge is -2.25. The number of carbonyl (C=O) groups is 1. The third kappa shape index (κ3) is 3.87. The van der Waals surface area contributed by atoms with Crippen molar-refractivity contribution < 1.29 is 10.0 Å². The van der Waals surface area contributed by atoms with Gasteiger partial charge < -0.3 is 15.8 Å². The Morgan fingerprint density at radius 1 is 1.45 bits per heavy atom. The highest BCUT2D eigenvalue weighted by Crippen LogP contribution is 2.19. The van der Waals surface area contributed by atoms with Gasteiger partial charge in [-0.3, -0.25) is 4.79 Å². The highest BCUT2D eigenvalue weighted by molar-refractivity contribution is 6.31. The largest absolute Gasteiger partial charge is 0.409 e. The van der Waals surface area contributed by atoms with E-state index in [2.05, 4.69) is 5.16 Å². The van der Waals surface area contributed by atoms with Crippen LogP contribution < -0.4 is 5.73 Å². The van der Waals surface area contributed by atoms with Crippen LogP contribution in [0.4, 0.5) is 0 Å². The second-order valence-electron chi connectivity index (χ2n) is 5.03.